The van der Waals surface area contributed by atoms with Crippen molar-refractivity contribution in [2.24, 2.45) is 0 Å². The first kappa shape index (κ1) is 11.7. The highest BCUT2D eigenvalue weighted by Gasteiger charge is 2.07. The minimum atomic E-state index is -0.283. The molecule has 1 aromatic carbocycles. The highest BCUT2D eigenvalue weighted by molar-refractivity contribution is 8.00. The molecule has 0 radical (unpaired) electrons. The molecular formula is C12H9FN2OS. The molecule has 86 valence electrons. The van der Waals surface area contributed by atoms with Crippen LogP contribution in [0, 0.1) is 5.82 Å². The minimum Gasteiger partial charge on any atom is -0.291 e. The van der Waals surface area contributed by atoms with Gasteiger partial charge in [-0.05, 0) is 24.3 Å². The van der Waals surface area contributed by atoms with E-state index in [0.29, 0.717) is 5.69 Å². The van der Waals surface area contributed by atoms with Gasteiger partial charge in [-0.25, -0.2) is 9.37 Å². The maximum atomic E-state index is 12.7. The van der Waals surface area contributed by atoms with Crippen molar-refractivity contribution in [3.63, 3.8) is 0 Å². The first-order chi connectivity index (χ1) is 8.25. The third-order valence-electron chi connectivity index (χ3n) is 2.03. The molecule has 0 aliphatic carbocycles. The Morgan fingerprint density at radius 2 is 2.00 bits per heavy atom. The Kier molecular flexibility index (Phi) is 3.82. The number of halogens is 1. The first-order valence-corrected chi connectivity index (χ1v) is 5.92. The van der Waals surface area contributed by atoms with Crippen molar-refractivity contribution in [3.8, 4) is 0 Å². The molecular weight excluding hydrogens is 239 g/mol. The molecule has 0 spiro atoms. The standard InChI is InChI=1S/C12H9FN2OS/c13-9-1-3-10(4-2-9)17-8-12(16)11-7-14-5-6-15-11/h1-7H,8H2. The van der Waals surface area contributed by atoms with Crippen LogP contribution in [0.15, 0.2) is 47.8 Å². The topological polar surface area (TPSA) is 42.9 Å². The second kappa shape index (κ2) is 5.54. The van der Waals surface area contributed by atoms with Gasteiger partial charge in [-0.3, -0.25) is 9.78 Å². The maximum Gasteiger partial charge on any atom is 0.192 e. The molecule has 1 aromatic heterocycles. The van der Waals surface area contributed by atoms with Crippen molar-refractivity contribution >= 4 is 17.5 Å². The largest absolute Gasteiger partial charge is 0.291 e. The second-order valence-corrected chi connectivity index (χ2v) is 4.31. The zero-order valence-corrected chi connectivity index (χ0v) is 9.65. The molecule has 0 fully saturated rings. The van der Waals surface area contributed by atoms with Gasteiger partial charge in [0.1, 0.15) is 11.5 Å². The van der Waals surface area contributed by atoms with Crippen LogP contribution in [0.1, 0.15) is 10.5 Å². The fraction of sp³-hybridized carbons (Fsp3) is 0.0833. The van der Waals surface area contributed by atoms with Crippen LogP contribution in [0.25, 0.3) is 0 Å². The summed E-state index contributed by atoms with van der Waals surface area (Å²) in [4.78, 5) is 20.3. The number of nitrogens with zero attached hydrogens (tertiary/aromatic N) is 2. The maximum absolute atomic E-state index is 12.7. The van der Waals surface area contributed by atoms with Crippen LogP contribution < -0.4 is 0 Å². The lowest BCUT2D eigenvalue weighted by atomic mass is 10.3. The molecule has 0 aliphatic heterocycles. The van der Waals surface area contributed by atoms with Crippen LogP contribution in [0.4, 0.5) is 4.39 Å². The summed E-state index contributed by atoms with van der Waals surface area (Å²) in [5, 5.41) is 0. The van der Waals surface area contributed by atoms with Crippen molar-refractivity contribution in [2.75, 3.05) is 5.75 Å². The molecule has 17 heavy (non-hydrogen) atoms. The van der Waals surface area contributed by atoms with E-state index in [1.165, 1.54) is 42.5 Å². The number of benzene rings is 1. The van der Waals surface area contributed by atoms with Crippen molar-refractivity contribution in [1.29, 1.82) is 0 Å². The third-order valence-corrected chi connectivity index (χ3v) is 3.04. The van der Waals surface area contributed by atoms with E-state index in [-0.39, 0.29) is 17.4 Å². The molecule has 1 heterocycles. The smallest absolute Gasteiger partial charge is 0.192 e. The van der Waals surface area contributed by atoms with Gasteiger partial charge in [-0.1, -0.05) is 0 Å². The first-order valence-electron chi connectivity index (χ1n) is 4.93. The number of Topliss-reactive ketones (excluding diaryl/α,β-unsaturated/α-hetero) is 1. The molecule has 0 amide bonds. The molecule has 0 bridgehead atoms. The van der Waals surface area contributed by atoms with E-state index in [0.717, 1.165) is 4.90 Å². The number of aromatic nitrogens is 2. The highest BCUT2D eigenvalue weighted by Crippen LogP contribution is 2.18. The number of hydrogen-bond acceptors (Lipinski definition) is 4. The summed E-state index contributed by atoms with van der Waals surface area (Å²) in [6, 6.07) is 6.03. The Morgan fingerprint density at radius 1 is 1.24 bits per heavy atom. The van der Waals surface area contributed by atoms with E-state index in [2.05, 4.69) is 9.97 Å². The summed E-state index contributed by atoms with van der Waals surface area (Å²) in [7, 11) is 0. The van der Waals surface area contributed by atoms with Gasteiger partial charge in [0.2, 0.25) is 0 Å². The lowest BCUT2D eigenvalue weighted by Crippen LogP contribution is -2.05. The zero-order valence-electron chi connectivity index (χ0n) is 8.84. The minimum absolute atomic E-state index is 0.0903. The molecule has 0 saturated carbocycles. The van der Waals surface area contributed by atoms with E-state index in [4.69, 9.17) is 0 Å². The fourth-order valence-corrected chi connectivity index (χ4v) is 1.97. The van der Waals surface area contributed by atoms with Crippen LogP contribution in [-0.4, -0.2) is 21.5 Å². The van der Waals surface area contributed by atoms with Gasteiger partial charge in [0.05, 0.1) is 11.9 Å². The fourth-order valence-electron chi connectivity index (χ4n) is 1.20. The summed E-state index contributed by atoms with van der Waals surface area (Å²) in [6.45, 7) is 0. The monoisotopic (exact) mass is 248 g/mol. The van der Waals surface area contributed by atoms with Crippen molar-refractivity contribution in [2.45, 2.75) is 4.90 Å². The Balaban J connectivity index is 1.95. The highest BCUT2D eigenvalue weighted by atomic mass is 32.2. The molecule has 0 atom stereocenters. The zero-order chi connectivity index (χ0) is 12.1. The normalized spacial score (nSPS) is 10.2. The van der Waals surface area contributed by atoms with Crippen molar-refractivity contribution < 1.29 is 9.18 Å². The van der Waals surface area contributed by atoms with Gasteiger partial charge in [0.25, 0.3) is 0 Å². The summed E-state index contributed by atoms with van der Waals surface area (Å²) >= 11 is 1.35. The van der Waals surface area contributed by atoms with Gasteiger partial charge >= 0.3 is 0 Å². The van der Waals surface area contributed by atoms with Crippen LogP contribution in [0.5, 0.6) is 0 Å². The quantitative estimate of drug-likeness (QED) is 0.616. The average Bonchev–Trinajstić information content (AvgIpc) is 2.39. The number of thioether (sulfide) groups is 1. The molecule has 0 unspecified atom stereocenters. The van der Waals surface area contributed by atoms with Gasteiger partial charge < -0.3 is 0 Å². The number of hydrogen-bond donors (Lipinski definition) is 0. The van der Waals surface area contributed by atoms with Crippen molar-refractivity contribution in [1.82, 2.24) is 9.97 Å². The lowest BCUT2D eigenvalue weighted by molar-refractivity contribution is 0.101. The van der Waals surface area contributed by atoms with Crippen LogP contribution in [0.3, 0.4) is 0 Å². The Bertz CT molecular complexity index is 502. The molecule has 2 rings (SSSR count). The molecule has 3 nitrogen and oxygen atoms in total. The number of carbonyl (C=O) groups is 1. The predicted molar refractivity (Wildman–Crippen MR) is 63.5 cm³/mol. The Labute approximate surface area is 102 Å². The van der Waals surface area contributed by atoms with Crippen LogP contribution >= 0.6 is 11.8 Å². The lowest BCUT2D eigenvalue weighted by Gasteiger charge is -2.00. The third kappa shape index (κ3) is 3.35. The summed E-state index contributed by atoms with van der Waals surface area (Å²) in [5.74, 6) is -0.105. The summed E-state index contributed by atoms with van der Waals surface area (Å²) < 4.78 is 12.7. The number of carbonyl (C=O) groups excluding carboxylic acids is 1. The molecule has 2 aromatic rings. The van der Waals surface area contributed by atoms with E-state index >= 15 is 0 Å². The van der Waals surface area contributed by atoms with Gasteiger partial charge in [0.15, 0.2) is 5.78 Å². The van der Waals surface area contributed by atoms with E-state index < -0.39 is 0 Å². The Morgan fingerprint density at radius 3 is 2.65 bits per heavy atom. The summed E-state index contributed by atoms with van der Waals surface area (Å²) in [6.07, 6.45) is 4.44. The number of ketones is 1. The summed E-state index contributed by atoms with van der Waals surface area (Å²) in [5.41, 5.74) is 0.349. The molecule has 0 aliphatic rings. The van der Waals surface area contributed by atoms with Gasteiger partial charge in [-0.2, -0.15) is 0 Å². The van der Waals surface area contributed by atoms with Crippen LogP contribution in [-0.2, 0) is 0 Å². The van der Waals surface area contributed by atoms with Gasteiger partial charge in [0, 0.05) is 17.3 Å². The van der Waals surface area contributed by atoms with E-state index in [9.17, 15) is 9.18 Å². The predicted octanol–water partition coefficient (Wildman–Crippen LogP) is 2.59. The Hall–Kier alpha value is -1.75. The van der Waals surface area contributed by atoms with E-state index in [1.54, 1.807) is 12.1 Å². The molecule has 0 N–H and O–H groups in total. The second-order valence-electron chi connectivity index (χ2n) is 3.26. The number of rotatable bonds is 4. The van der Waals surface area contributed by atoms with Gasteiger partial charge in [-0.15, -0.1) is 11.8 Å². The van der Waals surface area contributed by atoms with Crippen molar-refractivity contribution in [3.05, 3.63) is 54.4 Å². The molecule has 0 saturated heterocycles. The SMILES string of the molecule is O=C(CSc1ccc(F)cc1)c1cnccn1. The molecule has 5 heteroatoms. The van der Waals surface area contributed by atoms with Crippen LogP contribution in [0.2, 0.25) is 0 Å². The average molecular weight is 248 g/mol. The van der Waals surface area contributed by atoms with E-state index in [1.807, 2.05) is 0 Å².